The van der Waals surface area contributed by atoms with Gasteiger partial charge in [0.25, 0.3) is 5.91 Å². The van der Waals surface area contributed by atoms with Crippen LogP contribution >= 0.6 is 0 Å². The van der Waals surface area contributed by atoms with Crippen LogP contribution in [0.15, 0.2) is 65.8 Å². The van der Waals surface area contributed by atoms with Gasteiger partial charge in [0.15, 0.2) is 0 Å². The Morgan fingerprint density at radius 1 is 1.16 bits per heavy atom. The van der Waals surface area contributed by atoms with Gasteiger partial charge in [0.1, 0.15) is 11.4 Å². The molecular formula is C24H24N6O2. The van der Waals surface area contributed by atoms with Gasteiger partial charge in [-0.15, -0.1) is 0 Å². The summed E-state index contributed by atoms with van der Waals surface area (Å²) in [5.74, 6) is 0.317. The Hall–Kier alpha value is -4.20. The van der Waals surface area contributed by atoms with E-state index in [0.29, 0.717) is 23.7 Å². The van der Waals surface area contributed by atoms with Crippen molar-refractivity contribution in [1.29, 1.82) is 0 Å². The highest BCUT2D eigenvalue weighted by Crippen LogP contribution is 2.27. The molecule has 0 unspecified atom stereocenters. The molecule has 0 radical (unpaired) electrons. The molecule has 0 saturated carbocycles. The molecule has 0 aliphatic carbocycles. The molecule has 0 spiro atoms. The Morgan fingerprint density at radius 3 is 2.69 bits per heavy atom. The molecule has 0 atom stereocenters. The first kappa shape index (κ1) is 21.0. The summed E-state index contributed by atoms with van der Waals surface area (Å²) in [6, 6.07) is 19.1. The van der Waals surface area contributed by atoms with E-state index in [9.17, 15) is 4.79 Å². The topological polar surface area (TPSA) is 97.2 Å². The Bertz CT molecular complexity index is 1260. The van der Waals surface area contributed by atoms with Crippen molar-refractivity contribution in [1.82, 2.24) is 25.4 Å². The number of aryl methyl sites for hydroxylation is 1. The summed E-state index contributed by atoms with van der Waals surface area (Å²) in [4.78, 5) is 12.5. The number of hydrogen-bond donors (Lipinski definition) is 2. The van der Waals surface area contributed by atoms with Crippen LogP contribution in [0.1, 0.15) is 34.4 Å². The van der Waals surface area contributed by atoms with E-state index in [-0.39, 0.29) is 5.91 Å². The van der Waals surface area contributed by atoms with E-state index in [1.807, 2.05) is 80.1 Å². The summed E-state index contributed by atoms with van der Waals surface area (Å²) in [5, 5.41) is 15.8. The van der Waals surface area contributed by atoms with E-state index in [1.165, 1.54) is 0 Å². The normalized spacial score (nSPS) is 11.1. The van der Waals surface area contributed by atoms with Gasteiger partial charge in [-0.2, -0.15) is 15.3 Å². The number of carbonyl (C=O) groups excluding carboxylic acids is 1. The van der Waals surface area contributed by atoms with Gasteiger partial charge in [0.2, 0.25) is 0 Å². The number of hydrazone groups is 1. The first-order valence-corrected chi connectivity index (χ1v) is 10.3. The molecule has 8 nitrogen and oxygen atoms in total. The molecule has 1 amide bonds. The lowest BCUT2D eigenvalue weighted by atomic mass is 10.1. The van der Waals surface area contributed by atoms with Crippen LogP contribution in [-0.2, 0) is 0 Å². The third kappa shape index (κ3) is 4.29. The molecule has 2 aromatic carbocycles. The van der Waals surface area contributed by atoms with Crippen LogP contribution in [-0.4, -0.2) is 38.7 Å². The number of benzene rings is 2. The van der Waals surface area contributed by atoms with Gasteiger partial charge < -0.3 is 4.74 Å². The molecule has 0 fully saturated rings. The minimum Gasteiger partial charge on any atom is -0.493 e. The standard InChI is InChI=1S/C24H24N6O2/c1-4-32-22-13-9-8-10-18(22)15-25-28-24(31)21-14-20(26-27-21)23-16(2)29-30(17(23)3)19-11-6-5-7-12-19/h5-15H,4H2,1-3H3,(H,26,27)(H,28,31)/b25-15+. The van der Waals surface area contributed by atoms with Gasteiger partial charge in [-0.05, 0) is 51.1 Å². The molecule has 0 aliphatic heterocycles. The van der Waals surface area contributed by atoms with Gasteiger partial charge in [-0.3, -0.25) is 9.89 Å². The van der Waals surface area contributed by atoms with Gasteiger partial charge in [0.05, 0.1) is 35.6 Å². The molecule has 4 aromatic rings. The van der Waals surface area contributed by atoms with Crippen molar-refractivity contribution in [2.75, 3.05) is 6.61 Å². The van der Waals surface area contributed by atoms with Gasteiger partial charge in [-0.25, -0.2) is 10.1 Å². The van der Waals surface area contributed by atoms with E-state index >= 15 is 0 Å². The van der Waals surface area contributed by atoms with Crippen molar-refractivity contribution in [3.63, 3.8) is 0 Å². The number of nitrogens with one attached hydrogen (secondary N) is 2. The molecule has 162 valence electrons. The maximum Gasteiger partial charge on any atom is 0.289 e. The van der Waals surface area contributed by atoms with Crippen LogP contribution in [0.5, 0.6) is 5.75 Å². The fourth-order valence-electron chi connectivity index (χ4n) is 3.49. The second-order valence-corrected chi connectivity index (χ2v) is 7.13. The van der Waals surface area contributed by atoms with E-state index in [4.69, 9.17) is 4.74 Å². The molecule has 0 bridgehead atoms. The van der Waals surface area contributed by atoms with Crippen LogP contribution in [0, 0.1) is 13.8 Å². The van der Waals surface area contributed by atoms with Crippen molar-refractivity contribution in [3.8, 4) is 22.7 Å². The predicted molar refractivity (Wildman–Crippen MR) is 123 cm³/mol. The average Bonchev–Trinajstić information content (AvgIpc) is 3.40. The Balaban J connectivity index is 1.51. The minimum absolute atomic E-state index is 0.307. The molecule has 2 aromatic heterocycles. The van der Waals surface area contributed by atoms with Crippen LogP contribution < -0.4 is 10.2 Å². The lowest BCUT2D eigenvalue weighted by Crippen LogP contribution is -2.18. The van der Waals surface area contributed by atoms with Crippen LogP contribution in [0.4, 0.5) is 0 Å². The van der Waals surface area contributed by atoms with Crippen molar-refractivity contribution in [2.24, 2.45) is 5.10 Å². The monoisotopic (exact) mass is 428 g/mol. The summed E-state index contributed by atoms with van der Waals surface area (Å²) in [5.41, 5.74) is 7.89. The third-order valence-electron chi connectivity index (χ3n) is 4.96. The van der Waals surface area contributed by atoms with Crippen LogP contribution in [0.3, 0.4) is 0 Å². The third-order valence-corrected chi connectivity index (χ3v) is 4.96. The van der Waals surface area contributed by atoms with Crippen LogP contribution in [0.2, 0.25) is 0 Å². The highest BCUT2D eigenvalue weighted by Gasteiger charge is 2.18. The van der Waals surface area contributed by atoms with E-state index in [0.717, 1.165) is 28.2 Å². The number of aromatic amines is 1. The number of amides is 1. The summed E-state index contributed by atoms with van der Waals surface area (Å²) in [6.45, 7) is 6.37. The number of rotatable bonds is 7. The van der Waals surface area contributed by atoms with E-state index < -0.39 is 0 Å². The number of ether oxygens (including phenoxy) is 1. The van der Waals surface area contributed by atoms with E-state index in [2.05, 4.69) is 25.8 Å². The molecule has 2 heterocycles. The zero-order valence-electron chi connectivity index (χ0n) is 18.2. The number of hydrogen-bond acceptors (Lipinski definition) is 5. The average molecular weight is 428 g/mol. The largest absolute Gasteiger partial charge is 0.493 e. The molecule has 0 saturated heterocycles. The molecule has 4 rings (SSSR count). The van der Waals surface area contributed by atoms with Gasteiger partial charge in [0, 0.05) is 11.1 Å². The molecule has 32 heavy (non-hydrogen) atoms. The lowest BCUT2D eigenvalue weighted by molar-refractivity contribution is 0.0950. The predicted octanol–water partition coefficient (Wildman–Crippen LogP) is 4.04. The molecular weight excluding hydrogens is 404 g/mol. The maximum atomic E-state index is 12.5. The smallest absolute Gasteiger partial charge is 0.289 e. The Morgan fingerprint density at radius 2 is 1.91 bits per heavy atom. The summed E-state index contributed by atoms with van der Waals surface area (Å²) in [7, 11) is 0. The second kappa shape index (κ2) is 9.30. The number of H-pyrrole nitrogens is 1. The molecule has 0 aliphatic rings. The number of carbonyl (C=O) groups is 1. The van der Waals surface area contributed by atoms with Gasteiger partial charge >= 0.3 is 0 Å². The molecule has 2 N–H and O–H groups in total. The van der Waals surface area contributed by atoms with Crippen molar-refractivity contribution in [2.45, 2.75) is 20.8 Å². The van der Waals surface area contributed by atoms with Crippen LogP contribution in [0.25, 0.3) is 16.9 Å². The zero-order valence-corrected chi connectivity index (χ0v) is 18.2. The zero-order chi connectivity index (χ0) is 22.5. The Labute approximate surface area is 185 Å². The first-order valence-electron chi connectivity index (χ1n) is 10.3. The number of aromatic nitrogens is 4. The lowest BCUT2D eigenvalue weighted by Gasteiger charge is -2.05. The quantitative estimate of drug-likeness (QED) is 0.343. The number of para-hydroxylation sites is 2. The first-order chi connectivity index (χ1) is 15.6. The van der Waals surface area contributed by atoms with Crippen molar-refractivity contribution >= 4 is 12.1 Å². The van der Waals surface area contributed by atoms with Crippen molar-refractivity contribution in [3.05, 3.63) is 83.3 Å². The summed E-state index contributed by atoms with van der Waals surface area (Å²) >= 11 is 0. The fourth-order valence-corrected chi connectivity index (χ4v) is 3.49. The summed E-state index contributed by atoms with van der Waals surface area (Å²) in [6.07, 6.45) is 1.55. The van der Waals surface area contributed by atoms with Crippen molar-refractivity contribution < 1.29 is 9.53 Å². The number of nitrogens with zero attached hydrogens (tertiary/aromatic N) is 4. The Kier molecular flexibility index (Phi) is 6.12. The molecule has 8 heteroatoms. The summed E-state index contributed by atoms with van der Waals surface area (Å²) < 4.78 is 7.43. The van der Waals surface area contributed by atoms with Gasteiger partial charge in [-0.1, -0.05) is 30.3 Å². The highest BCUT2D eigenvalue weighted by molar-refractivity contribution is 5.94. The second-order valence-electron chi connectivity index (χ2n) is 7.13. The van der Waals surface area contributed by atoms with E-state index in [1.54, 1.807) is 12.3 Å². The fraction of sp³-hybridized carbons (Fsp3) is 0.167. The SMILES string of the molecule is CCOc1ccccc1/C=N/NC(=O)c1cc(-c2c(C)nn(-c3ccccc3)c2C)n[nH]1. The minimum atomic E-state index is -0.389. The maximum absolute atomic E-state index is 12.5. The highest BCUT2D eigenvalue weighted by atomic mass is 16.5.